The lowest BCUT2D eigenvalue weighted by Gasteiger charge is -2.32. The van der Waals surface area contributed by atoms with Crippen molar-refractivity contribution in [3.8, 4) is 0 Å². The molecule has 1 N–H and O–H groups in total. The number of carboxylic acid groups (broad SMARTS) is 1. The lowest BCUT2D eigenvalue weighted by Crippen LogP contribution is -2.34. The Bertz CT molecular complexity index is 1150. The summed E-state index contributed by atoms with van der Waals surface area (Å²) >= 11 is 0. The van der Waals surface area contributed by atoms with Crippen molar-refractivity contribution in [2.75, 3.05) is 4.90 Å². The van der Waals surface area contributed by atoms with E-state index >= 15 is 0 Å². The molecule has 2 amide bonds. The largest absolute Gasteiger partial charge is 0.545 e. The number of rotatable bonds is 5. The molecule has 0 saturated carbocycles. The molecule has 3 aromatic carbocycles. The van der Waals surface area contributed by atoms with E-state index in [0.29, 0.717) is 16.7 Å². The summed E-state index contributed by atoms with van der Waals surface area (Å²) in [7, 11) is 0. The predicted molar refractivity (Wildman–Crippen MR) is 112 cm³/mol. The number of hydrogen-bond donors (Lipinski definition) is 1. The molecule has 0 aliphatic carbocycles. The van der Waals surface area contributed by atoms with Crippen LogP contribution in [0.15, 0.2) is 72.8 Å². The first-order valence-corrected chi connectivity index (χ1v) is 9.89. The number of hydrogen-bond acceptors (Lipinski definition) is 5. The van der Waals surface area contributed by atoms with Gasteiger partial charge in [0, 0.05) is 18.4 Å². The summed E-state index contributed by atoms with van der Waals surface area (Å²) in [5.41, 5.74) is 0.453. The molecule has 6 heteroatoms. The second-order valence-corrected chi connectivity index (χ2v) is 7.58. The summed E-state index contributed by atoms with van der Waals surface area (Å²) in [6, 6.07) is 20.4. The fourth-order valence-corrected chi connectivity index (χ4v) is 3.93. The highest BCUT2D eigenvalue weighted by atomic mass is 16.4. The highest BCUT2D eigenvalue weighted by molar-refractivity contribution is 6.21. The van der Waals surface area contributed by atoms with Crippen LogP contribution in [-0.4, -0.2) is 22.9 Å². The normalized spacial score (nSPS) is 15.7. The van der Waals surface area contributed by atoms with E-state index in [9.17, 15) is 24.6 Å². The Hall–Kier alpha value is -3.77. The van der Waals surface area contributed by atoms with Gasteiger partial charge in [-0.05, 0) is 29.7 Å². The SMILES string of the molecule is Cc1ccc(C(O)(c2ccccc2)c2ccc(C(=O)[O-])c(N3C(=O)CCC3=O)c2)cc1. The molecule has 1 aliphatic heterocycles. The van der Waals surface area contributed by atoms with Gasteiger partial charge in [-0.3, -0.25) is 9.59 Å². The van der Waals surface area contributed by atoms with E-state index in [2.05, 4.69) is 0 Å². The van der Waals surface area contributed by atoms with E-state index in [-0.39, 0.29) is 24.1 Å². The van der Waals surface area contributed by atoms with Crippen LogP contribution in [0.25, 0.3) is 0 Å². The molecule has 4 rings (SSSR count). The Morgan fingerprint density at radius 3 is 2.00 bits per heavy atom. The van der Waals surface area contributed by atoms with Gasteiger partial charge in [0.25, 0.3) is 0 Å². The van der Waals surface area contributed by atoms with Crippen molar-refractivity contribution in [3.05, 3.63) is 101 Å². The molecule has 0 aromatic heterocycles. The minimum atomic E-state index is -1.64. The molecule has 1 heterocycles. The molecule has 1 unspecified atom stereocenters. The van der Waals surface area contributed by atoms with Crippen LogP contribution in [0.3, 0.4) is 0 Å². The monoisotopic (exact) mass is 414 g/mol. The number of carbonyl (C=O) groups excluding carboxylic acids is 3. The number of aromatic carboxylic acids is 1. The van der Waals surface area contributed by atoms with Crippen molar-refractivity contribution < 1.29 is 24.6 Å². The van der Waals surface area contributed by atoms with Crippen molar-refractivity contribution >= 4 is 23.5 Å². The van der Waals surface area contributed by atoms with Gasteiger partial charge in [-0.15, -0.1) is 0 Å². The minimum Gasteiger partial charge on any atom is -0.545 e. The fraction of sp³-hybridized carbons (Fsp3) is 0.160. The van der Waals surface area contributed by atoms with Gasteiger partial charge in [-0.1, -0.05) is 72.3 Å². The zero-order valence-electron chi connectivity index (χ0n) is 16.9. The van der Waals surface area contributed by atoms with Crippen LogP contribution in [0.4, 0.5) is 5.69 Å². The van der Waals surface area contributed by atoms with Crippen LogP contribution in [0.5, 0.6) is 0 Å². The topological polar surface area (TPSA) is 97.7 Å². The number of nitrogens with zero attached hydrogens (tertiary/aromatic N) is 1. The van der Waals surface area contributed by atoms with Gasteiger partial charge in [0.05, 0.1) is 11.7 Å². The van der Waals surface area contributed by atoms with Gasteiger partial charge in [0.1, 0.15) is 5.60 Å². The first-order valence-electron chi connectivity index (χ1n) is 9.89. The number of carboxylic acids is 1. The third kappa shape index (κ3) is 3.51. The quantitative estimate of drug-likeness (QED) is 0.510. The van der Waals surface area contributed by atoms with E-state index in [4.69, 9.17) is 0 Å². The summed E-state index contributed by atoms with van der Waals surface area (Å²) < 4.78 is 0. The Morgan fingerprint density at radius 1 is 0.871 bits per heavy atom. The van der Waals surface area contributed by atoms with Crippen molar-refractivity contribution in [1.29, 1.82) is 0 Å². The van der Waals surface area contributed by atoms with Gasteiger partial charge < -0.3 is 15.0 Å². The summed E-state index contributed by atoms with van der Waals surface area (Å²) in [5, 5.41) is 23.7. The van der Waals surface area contributed by atoms with Crippen molar-refractivity contribution in [2.24, 2.45) is 0 Å². The Labute approximate surface area is 179 Å². The molecule has 31 heavy (non-hydrogen) atoms. The van der Waals surface area contributed by atoms with Crippen LogP contribution in [0.1, 0.15) is 45.5 Å². The standard InChI is InChI=1S/C25H21NO5/c1-16-7-9-18(10-8-16)25(31,17-5-3-2-4-6-17)19-11-12-20(24(29)30)21(15-19)26-22(27)13-14-23(26)28/h2-12,15,31H,13-14H2,1H3,(H,29,30)/p-1. The molecule has 3 aromatic rings. The molecular formula is C25H20NO5-. The van der Waals surface area contributed by atoms with Gasteiger partial charge in [-0.2, -0.15) is 0 Å². The maximum absolute atomic E-state index is 12.3. The number of benzene rings is 3. The van der Waals surface area contributed by atoms with E-state index in [1.54, 1.807) is 36.4 Å². The maximum Gasteiger partial charge on any atom is 0.234 e. The van der Waals surface area contributed by atoms with Crippen LogP contribution in [0, 0.1) is 6.92 Å². The molecule has 0 spiro atoms. The van der Waals surface area contributed by atoms with Crippen LogP contribution < -0.4 is 10.0 Å². The third-order valence-corrected chi connectivity index (χ3v) is 5.59. The number of aliphatic hydroxyl groups is 1. The van der Waals surface area contributed by atoms with E-state index in [1.165, 1.54) is 18.2 Å². The summed E-state index contributed by atoms with van der Waals surface area (Å²) in [6.45, 7) is 1.93. The summed E-state index contributed by atoms with van der Waals surface area (Å²) in [6.07, 6.45) is 0.0208. The van der Waals surface area contributed by atoms with E-state index in [1.807, 2.05) is 25.1 Å². The molecule has 1 aliphatic rings. The second kappa shape index (κ2) is 7.81. The fourth-order valence-electron chi connectivity index (χ4n) is 3.93. The first kappa shape index (κ1) is 20.5. The summed E-state index contributed by atoms with van der Waals surface area (Å²) in [4.78, 5) is 37.2. The van der Waals surface area contributed by atoms with Gasteiger partial charge in [0.2, 0.25) is 11.8 Å². The molecule has 0 radical (unpaired) electrons. The Morgan fingerprint density at radius 2 is 1.42 bits per heavy atom. The second-order valence-electron chi connectivity index (χ2n) is 7.58. The average molecular weight is 414 g/mol. The van der Waals surface area contributed by atoms with Crippen molar-refractivity contribution in [1.82, 2.24) is 0 Å². The lowest BCUT2D eigenvalue weighted by atomic mass is 9.79. The Kier molecular flexibility index (Phi) is 5.17. The van der Waals surface area contributed by atoms with Crippen molar-refractivity contribution in [3.63, 3.8) is 0 Å². The maximum atomic E-state index is 12.3. The highest BCUT2D eigenvalue weighted by Crippen LogP contribution is 2.39. The molecule has 1 atom stereocenters. The smallest absolute Gasteiger partial charge is 0.234 e. The van der Waals surface area contributed by atoms with E-state index in [0.717, 1.165) is 10.5 Å². The van der Waals surface area contributed by atoms with Crippen molar-refractivity contribution in [2.45, 2.75) is 25.4 Å². The number of imide groups is 1. The first-order chi connectivity index (χ1) is 14.8. The van der Waals surface area contributed by atoms with Crippen LogP contribution in [-0.2, 0) is 15.2 Å². The molecular weight excluding hydrogens is 394 g/mol. The third-order valence-electron chi connectivity index (χ3n) is 5.59. The van der Waals surface area contributed by atoms with Gasteiger partial charge in [0.15, 0.2) is 0 Å². The molecule has 0 bridgehead atoms. The molecule has 1 fully saturated rings. The highest BCUT2D eigenvalue weighted by Gasteiger charge is 2.37. The number of amides is 2. The molecule has 6 nitrogen and oxygen atoms in total. The van der Waals surface area contributed by atoms with Gasteiger partial charge in [-0.25, -0.2) is 4.90 Å². The zero-order valence-corrected chi connectivity index (χ0v) is 16.9. The Balaban J connectivity index is 1.97. The number of carbonyl (C=O) groups is 3. The number of anilines is 1. The lowest BCUT2D eigenvalue weighted by molar-refractivity contribution is -0.254. The molecule has 1 saturated heterocycles. The van der Waals surface area contributed by atoms with Gasteiger partial charge >= 0.3 is 0 Å². The number of aryl methyl sites for hydroxylation is 1. The van der Waals surface area contributed by atoms with Crippen LogP contribution in [0.2, 0.25) is 0 Å². The summed E-state index contributed by atoms with van der Waals surface area (Å²) in [5.74, 6) is -2.47. The van der Waals surface area contributed by atoms with Crippen LogP contribution >= 0.6 is 0 Å². The average Bonchev–Trinajstić information content (AvgIpc) is 3.11. The predicted octanol–water partition coefficient (Wildman–Crippen LogP) is 2.30. The zero-order chi connectivity index (χ0) is 22.2. The molecule has 156 valence electrons. The minimum absolute atomic E-state index is 0.0104. The van der Waals surface area contributed by atoms with E-state index < -0.39 is 23.4 Å².